The maximum atomic E-state index is 12.9. The van der Waals surface area contributed by atoms with E-state index in [1.165, 1.54) is 32.4 Å². The van der Waals surface area contributed by atoms with Gasteiger partial charge in [-0.05, 0) is 101 Å². The smallest absolute Gasteiger partial charge is 0.321 e. The van der Waals surface area contributed by atoms with Gasteiger partial charge >= 0.3 is 6.03 Å². The van der Waals surface area contributed by atoms with Crippen molar-refractivity contribution in [1.82, 2.24) is 15.1 Å². The van der Waals surface area contributed by atoms with Gasteiger partial charge in [0.1, 0.15) is 5.75 Å². The summed E-state index contributed by atoms with van der Waals surface area (Å²) in [5, 5.41) is 6.08. The predicted molar refractivity (Wildman–Crippen MR) is 144 cm³/mol. The molecule has 0 radical (unpaired) electrons. The van der Waals surface area contributed by atoms with E-state index in [0.717, 1.165) is 49.4 Å². The lowest BCUT2D eigenvalue weighted by Gasteiger charge is -2.33. The Balaban J connectivity index is 1.27. The highest BCUT2D eigenvalue weighted by molar-refractivity contribution is 5.94. The molecule has 0 saturated carbocycles. The molecule has 0 aliphatic carbocycles. The second kappa shape index (κ2) is 13.3. The summed E-state index contributed by atoms with van der Waals surface area (Å²) < 4.78 is 5.47. The molecule has 0 unspecified atom stereocenters. The maximum Gasteiger partial charge on any atom is 0.321 e. The van der Waals surface area contributed by atoms with Crippen molar-refractivity contribution in [2.45, 2.75) is 51.4 Å². The quantitative estimate of drug-likeness (QED) is 0.478. The summed E-state index contributed by atoms with van der Waals surface area (Å²) in [6, 6.07) is 15.3. The van der Waals surface area contributed by atoms with E-state index in [1.54, 1.807) is 0 Å². The maximum absolute atomic E-state index is 12.9. The van der Waals surface area contributed by atoms with Gasteiger partial charge in [-0.25, -0.2) is 4.79 Å². The van der Waals surface area contributed by atoms with Crippen LogP contribution in [0.5, 0.6) is 5.75 Å². The molecule has 3 amide bonds. The van der Waals surface area contributed by atoms with Crippen molar-refractivity contribution in [3.05, 3.63) is 59.7 Å². The lowest BCUT2D eigenvalue weighted by molar-refractivity contribution is 0.0950. The van der Waals surface area contributed by atoms with E-state index in [-0.39, 0.29) is 17.9 Å². The van der Waals surface area contributed by atoms with Gasteiger partial charge in [-0.1, -0.05) is 18.6 Å². The topological polar surface area (TPSA) is 73.9 Å². The number of likely N-dealkylation sites (tertiary alicyclic amines) is 2. The monoisotopic (exact) mass is 492 g/mol. The zero-order chi connectivity index (χ0) is 25.2. The number of amides is 3. The fourth-order valence-electron chi connectivity index (χ4n) is 5.16. The van der Waals surface area contributed by atoms with Crippen LogP contribution >= 0.6 is 0 Å². The van der Waals surface area contributed by atoms with Crippen molar-refractivity contribution in [1.29, 1.82) is 0 Å². The van der Waals surface area contributed by atoms with Gasteiger partial charge in [0.2, 0.25) is 0 Å². The molecule has 0 spiro atoms. The number of urea groups is 1. The number of ether oxygens (including phenoxy) is 1. The zero-order valence-corrected chi connectivity index (χ0v) is 21.5. The Bertz CT molecular complexity index is 988. The minimum absolute atomic E-state index is 0.0172. The van der Waals surface area contributed by atoms with Crippen molar-refractivity contribution in [2.24, 2.45) is 0 Å². The molecule has 36 heavy (non-hydrogen) atoms. The van der Waals surface area contributed by atoms with Crippen LogP contribution in [0.1, 0.15) is 67.3 Å². The van der Waals surface area contributed by atoms with Crippen LogP contribution in [0.4, 0.5) is 10.5 Å². The Labute approximate surface area is 215 Å². The van der Waals surface area contributed by atoms with Crippen LogP contribution in [-0.2, 0) is 0 Å². The molecule has 7 nitrogen and oxygen atoms in total. The lowest BCUT2D eigenvalue weighted by Crippen LogP contribution is -2.41. The molecule has 0 aromatic heterocycles. The van der Waals surface area contributed by atoms with Crippen molar-refractivity contribution < 1.29 is 14.3 Å². The number of hydrogen-bond donors (Lipinski definition) is 2. The summed E-state index contributed by atoms with van der Waals surface area (Å²) in [5.41, 5.74) is 2.57. The van der Waals surface area contributed by atoms with Crippen LogP contribution in [-0.4, -0.2) is 67.6 Å². The molecule has 0 bridgehead atoms. The number of rotatable bonds is 9. The van der Waals surface area contributed by atoms with Crippen LogP contribution < -0.4 is 15.4 Å². The van der Waals surface area contributed by atoms with Crippen LogP contribution in [0.15, 0.2) is 48.5 Å². The van der Waals surface area contributed by atoms with Gasteiger partial charge in [0, 0.05) is 36.8 Å². The van der Waals surface area contributed by atoms with Gasteiger partial charge in [0.15, 0.2) is 0 Å². The number of benzene rings is 2. The van der Waals surface area contributed by atoms with Gasteiger partial charge in [0.25, 0.3) is 5.91 Å². The number of piperidine rings is 2. The fraction of sp³-hybridized carbons (Fsp3) is 0.517. The minimum Gasteiger partial charge on any atom is -0.494 e. The number of carbonyl (C=O) groups excluding carboxylic acids is 2. The number of nitrogens with zero attached hydrogens (tertiary/aromatic N) is 2. The first-order valence-electron chi connectivity index (χ1n) is 13.5. The Morgan fingerprint density at radius 3 is 2.58 bits per heavy atom. The minimum atomic E-state index is -0.0912. The van der Waals surface area contributed by atoms with Crippen LogP contribution in [0.2, 0.25) is 0 Å². The second-order valence-corrected chi connectivity index (χ2v) is 9.81. The molecule has 2 aliphatic heterocycles. The van der Waals surface area contributed by atoms with Crippen LogP contribution in [0.25, 0.3) is 0 Å². The summed E-state index contributed by atoms with van der Waals surface area (Å²) in [5.74, 6) is 0.993. The first kappa shape index (κ1) is 26.0. The van der Waals surface area contributed by atoms with Gasteiger partial charge in [-0.3, -0.25) is 4.79 Å². The second-order valence-electron chi connectivity index (χ2n) is 9.81. The van der Waals surface area contributed by atoms with Crippen molar-refractivity contribution in [3.63, 3.8) is 0 Å². The first-order valence-corrected chi connectivity index (χ1v) is 13.5. The highest BCUT2D eigenvalue weighted by Gasteiger charge is 2.25. The van der Waals surface area contributed by atoms with E-state index in [1.807, 2.05) is 54.3 Å². The van der Waals surface area contributed by atoms with E-state index in [4.69, 9.17) is 4.74 Å². The summed E-state index contributed by atoms with van der Waals surface area (Å²) in [7, 11) is 0. The normalized spacial score (nSPS) is 18.5. The summed E-state index contributed by atoms with van der Waals surface area (Å²) in [6.45, 7) is 8.06. The van der Waals surface area contributed by atoms with Crippen LogP contribution in [0.3, 0.4) is 0 Å². The fourth-order valence-corrected chi connectivity index (χ4v) is 5.16. The molecule has 2 saturated heterocycles. The molecular formula is C29H40N4O3. The third-order valence-corrected chi connectivity index (χ3v) is 7.13. The molecule has 194 valence electrons. The number of nitrogens with one attached hydrogen (secondary N) is 2. The van der Waals surface area contributed by atoms with E-state index < -0.39 is 0 Å². The Morgan fingerprint density at radius 2 is 1.81 bits per heavy atom. The molecule has 7 heteroatoms. The number of carbonyl (C=O) groups is 2. The largest absolute Gasteiger partial charge is 0.494 e. The third-order valence-electron chi connectivity index (χ3n) is 7.13. The molecule has 4 rings (SSSR count). The predicted octanol–water partition coefficient (Wildman–Crippen LogP) is 5.10. The van der Waals surface area contributed by atoms with Gasteiger partial charge in [-0.15, -0.1) is 0 Å². The third kappa shape index (κ3) is 7.47. The highest BCUT2D eigenvalue weighted by Crippen LogP contribution is 2.28. The average molecular weight is 493 g/mol. The molecule has 2 fully saturated rings. The summed E-state index contributed by atoms with van der Waals surface area (Å²) in [4.78, 5) is 30.0. The first-order chi connectivity index (χ1) is 17.6. The molecule has 2 aliphatic rings. The zero-order valence-electron chi connectivity index (χ0n) is 21.5. The number of anilines is 1. The molecule has 1 atom stereocenters. The lowest BCUT2D eigenvalue weighted by atomic mass is 9.89. The Kier molecular flexibility index (Phi) is 9.61. The van der Waals surface area contributed by atoms with Gasteiger partial charge in [0.05, 0.1) is 6.61 Å². The van der Waals surface area contributed by atoms with E-state index in [9.17, 15) is 9.59 Å². The van der Waals surface area contributed by atoms with E-state index >= 15 is 0 Å². The van der Waals surface area contributed by atoms with Crippen molar-refractivity contribution in [2.75, 3.05) is 51.2 Å². The number of hydrogen-bond acceptors (Lipinski definition) is 4. The average Bonchev–Trinajstić information content (AvgIpc) is 2.93. The van der Waals surface area contributed by atoms with Crippen molar-refractivity contribution in [3.8, 4) is 5.75 Å². The summed E-state index contributed by atoms with van der Waals surface area (Å²) >= 11 is 0. The Hall–Kier alpha value is -3.06. The highest BCUT2D eigenvalue weighted by atomic mass is 16.5. The molecule has 2 heterocycles. The van der Waals surface area contributed by atoms with Crippen LogP contribution in [0, 0.1) is 0 Å². The molecule has 2 aromatic rings. The standard InChI is InChI=1S/C29H40N4O3/c1-2-36-27-14-12-26(13-15-27)31-29(35)33-20-7-11-25(22-33)23-9-6-10-24(21-23)28(34)30-16-8-19-32-17-4-3-5-18-32/h6,9-10,12-15,21,25H,2-5,7-8,11,16-20,22H2,1H3,(H,30,34)(H,31,35)/t25-/m1/s1. The molecular weight excluding hydrogens is 452 g/mol. The summed E-state index contributed by atoms with van der Waals surface area (Å²) in [6.07, 6.45) is 6.85. The molecule has 2 aromatic carbocycles. The Morgan fingerprint density at radius 1 is 1.00 bits per heavy atom. The molecule has 2 N–H and O–H groups in total. The van der Waals surface area contributed by atoms with E-state index in [0.29, 0.717) is 25.3 Å². The van der Waals surface area contributed by atoms with E-state index in [2.05, 4.69) is 21.6 Å². The van der Waals surface area contributed by atoms with Crippen molar-refractivity contribution >= 4 is 17.6 Å². The van der Waals surface area contributed by atoms with Gasteiger partial charge in [-0.2, -0.15) is 0 Å². The van der Waals surface area contributed by atoms with Gasteiger partial charge < -0.3 is 25.2 Å². The SMILES string of the molecule is CCOc1ccc(NC(=O)N2CCC[C@@H](c3cccc(C(=O)NCCCN4CCCCC4)c3)C2)cc1.